The van der Waals surface area contributed by atoms with Crippen molar-refractivity contribution in [1.29, 1.82) is 0 Å². The van der Waals surface area contributed by atoms with E-state index in [1.807, 2.05) is 18.9 Å². The Morgan fingerprint density at radius 2 is 2.00 bits per heavy atom. The fraction of sp³-hybridized carbons (Fsp3) is 0.455. The highest BCUT2D eigenvalue weighted by atomic mass is 32.2. The van der Waals surface area contributed by atoms with Gasteiger partial charge in [0.05, 0.1) is 16.3 Å². The second-order valence-corrected chi connectivity index (χ2v) is 5.70. The first-order valence-electron chi connectivity index (χ1n) is 5.42. The Kier molecular flexibility index (Phi) is 4.00. The van der Waals surface area contributed by atoms with E-state index >= 15 is 0 Å². The van der Waals surface area contributed by atoms with Crippen molar-refractivity contribution in [1.82, 2.24) is 0 Å². The van der Waals surface area contributed by atoms with Crippen LogP contribution in [0, 0.1) is 0 Å². The van der Waals surface area contributed by atoms with Crippen molar-refractivity contribution in [3.8, 4) is 0 Å². The number of primary sulfonamides is 1. The van der Waals surface area contributed by atoms with Gasteiger partial charge in [-0.15, -0.1) is 0 Å². The highest BCUT2D eigenvalue weighted by Crippen LogP contribution is 2.27. The predicted octanol–water partition coefficient (Wildman–Crippen LogP) is 1.15. The molecule has 1 atom stereocenters. The van der Waals surface area contributed by atoms with Gasteiger partial charge in [0.25, 0.3) is 0 Å². The summed E-state index contributed by atoms with van der Waals surface area (Å²) in [4.78, 5) is 2.03. The summed E-state index contributed by atoms with van der Waals surface area (Å²) in [6, 6.07) is 4.76. The number of hydrogen-bond acceptors (Lipinski definition) is 4. The zero-order chi connectivity index (χ0) is 13.2. The van der Waals surface area contributed by atoms with Gasteiger partial charge < -0.3 is 10.6 Å². The van der Waals surface area contributed by atoms with E-state index in [2.05, 4.69) is 6.92 Å². The monoisotopic (exact) mass is 257 g/mol. The predicted molar refractivity (Wildman–Crippen MR) is 70.4 cm³/mol. The number of benzene rings is 1. The first kappa shape index (κ1) is 13.8. The van der Waals surface area contributed by atoms with E-state index in [1.54, 1.807) is 6.07 Å². The molecule has 0 aliphatic carbocycles. The molecule has 1 aromatic carbocycles. The summed E-state index contributed by atoms with van der Waals surface area (Å²) >= 11 is 0. The lowest BCUT2D eigenvalue weighted by Crippen LogP contribution is -2.29. The number of sulfonamides is 1. The molecule has 17 heavy (non-hydrogen) atoms. The van der Waals surface area contributed by atoms with Crippen LogP contribution in [0.2, 0.25) is 0 Å². The summed E-state index contributed by atoms with van der Waals surface area (Å²) in [6.07, 6.45) is 0.940. The minimum absolute atomic E-state index is 0.0804. The number of hydrogen-bond donors (Lipinski definition) is 2. The summed E-state index contributed by atoms with van der Waals surface area (Å²) in [7, 11) is -1.81. The maximum atomic E-state index is 11.3. The van der Waals surface area contributed by atoms with Gasteiger partial charge >= 0.3 is 0 Å². The SMILES string of the molecule is CCC(C)N(C)c1cc(S(N)(=O)=O)ccc1N. The quantitative estimate of drug-likeness (QED) is 0.792. The van der Waals surface area contributed by atoms with Gasteiger partial charge in [0, 0.05) is 13.1 Å². The normalized spacial score (nSPS) is 13.4. The molecule has 0 fully saturated rings. The van der Waals surface area contributed by atoms with E-state index in [0.29, 0.717) is 11.4 Å². The zero-order valence-electron chi connectivity index (χ0n) is 10.3. The van der Waals surface area contributed by atoms with Crippen LogP contribution in [0.15, 0.2) is 23.1 Å². The van der Waals surface area contributed by atoms with Crippen LogP contribution in [0.5, 0.6) is 0 Å². The van der Waals surface area contributed by atoms with Crippen molar-refractivity contribution in [2.24, 2.45) is 5.14 Å². The fourth-order valence-electron chi connectivity index (χ4n) is 1.52. The smallest absolute Gasteiger partial charge is 0.238 e. The molecule has 0 heterocycles. The molecule has 0 spiro atoms. The molecule has 1 unspecified atom stereocenters. The zero-order valence-corrected chi connectivity index (χ0v) is 11.2. The lowest BCUT2D eigenvalue weighted by molar-refractivity contribution is 0.597. The van der Waals surface area contributed by atoms with Crippen molar-refractivity contribution < 1.29 is 8.42 Å². The summed E-state index contributed by atoms with van der Waals surface area (Å²) < 4.78 is 22.6. The third-order valence-corrected chi connectivity index (χ3v) is 3.87. The van der Waals surface area contributed by atoms with Crippen molar-refractivity contribution in [2.75, 3.05) is 17.7 Å². The van der Waals surface area contributed by atoms with Gasteiger partial charge in [-0.2, -0.15) is 0 Å². The Balaban J connectivity index is 3.24. The van der Waals surface area contributed by atoms with Crippen LogP contribution >= 0.6 is 0 Å². The summed E-state index contributed by atoms with van der Waals surface area (Å²) in [5.41, 5.74) is 7.08. The molecule has 0 saturated heterocycles. The van der Waals surface area contributed by atoms with Gasteiger partial charge in [-0.05, 0) is 31.5 Å². The topological polar surface area (TPSA) is 89.4 Å². The van der Waals surface area contributed by atoms with Gasteiger partial charge in [0.15, 0.2) is 0 Å². The third kappa shape index (κ3) is 3.10. The van der Waals surface area contributed by atoms with Crippen LogP contribution in [0.3, 0.4) is 0 Å². The third-order valence-electron chi connectivity index (χ3n) is 2.96. The molecule has 0 saturated carbocycles. The number of rotatable bonds is 4. The molecule has 0 bridgehead atoms. The van der Waals surface area contributed by atoms with Crippen LogP contribution in [0.1, 0.15) is 20.3 Å². The minimum atomic E-state index is -3.69. The molecule has 0 aromatic heterocycles. The molecular weight excluding hydrogens is 238 g/mol. The highest BCUT2D eigenvalue weighted by molar-refractivity contribution is 7.89. The van der Waals surface area contributed by atoms with Crippen LogP contribution < -0.4 is 15.8 Å². The van der Waals surface area contributed by atoms with E-state index in [9.17, 15) is 8.42 Å². The minimum Gasteiger partial charge on any atom is -0.397 e. The van der Waals surface area contributed by atoms with Crippen molar-refractivity contribution in [2.45, 2.75) is 31.2 Å². The average Bonchev–Trinajstić information content (AvgIpc) is 2.26. The van der Waals surface area contributed by atoms with Gasteiger partial charge in [-0.1, -0.05) is 6.92 Å². The molecule has 4 N–H and O–H groups in total. The average molecular weight is 257 g/mol. The van der Waals surface area contributed by atoms with Crippen molar-refractivity contribution >= 4 is 21.4 Å². The lowest BCUT2D eigenvalue weighted by Gasteiger charge is -2.27. The number of nitrogens with zero attached hydrogens (tertiary/aromatic N) is 1. The van der Waals surface area contributed by atoms with E-state index < -0.39 is 10.0 Å². The van der Waals surface area contributed by atoms with Crippen LogP contribution in [-0.4, -0.2) is 21.5 Å². The van der Waals surface area contributed by atoms with Gasteiger partial charge in [-0.3, -0.25) is 0 Å². The molecule has 6 heteroatoms. The fourth-order valence-corrected chi connectivity index (χ4v) is 2.05. The molecule has 96 valence electrons. The molecule has 5 nitrogen and oxygen atoms in total. The highest BCUT2D eigenvalue weighted by Gasteiger charge is 2.15. The first-order valence-corrected chi connectivity index (χ1v) is 6.97. The first-order chi connectivity index (χ1) is 7.77. The van der Waals surface area contributed by atoms with Gasteiger partial charge in [0.2, 0.25) is 10.0 Å². The van der Waals surface area contributed by atoms with E-state index in [4.69, 9.17) is 10.9 Å². The Bertz CT molecular complexity index is 499. The Morgan fingerprint density at radius 1 is 1.41 bits per heavy atom. The van der Waals surface area contributed by atoms with E-state index in [0.717, 1.165) is 6.42 Å². The van der Waals surface area contributed by atoms with E-state index in [1.165, 1.54) is 12.1 Å². The molecular formula is C11H19N3O2S. The van der Waals surface area contributed by atoms with Crippen molar-refractivity contribution in [3.63, 3.8) is 0 Å². The Morgan fingerprint density at radius 3 is 2.47 bits per heavy atom. The number of anilines is 2. The Labute approximate surface area is 102 Å². The van der Waals surface area contributed by atoms with Crippen LogP contribution in [-0.2, 0) is 10.0 Å². The maximum Gasteiger partial charge on any atom is 0.238 e. The molecule has 0 aliphatic heterocycles. The molecule has 0 radical (unpaired) electrons. The molecule has 1 aromatic rings. The number of nitrogen functional groups attached to an aromatic ring is 1. The van der Waals surface area contributed by atoms with E-state index in [-0.39, 0.29) is 10.9 Å². The standard InChI is InChI=1S/C11H19N3O2S/c1-4-8(2)14(3)11-7-9(17(13,15)16)5-6-10(11)12/h5-8H,4,12H2,1-3H3,(H2,13,15,16). The summed E-state index contributed by atoms with van der Waals surface area (Å²) in [5.74, 6) is 0. The largest absolute Gasteiger partial charge is 0.397 e. The van der Waals surface area contributed by atoms with Crippen LogP contribution in [0.25, 0.3) is 0 Å². The van der Waals surface area contributed by atoms with Gasteiger partial charge in [-0.25, -0.2) is 13.6 Å². The molecule has 1 rings (SSSR count). The summed E-state index contributed by atoms with van der Waals surface area (Å²) in [6.45, 7) is 4.10. The van der Waals surface area contributed by atoms with Crippen molar-refractivity contribution in [3.05, 3.63) is 18.2 Å². The molecule has 0 amide bonds. The molecule has 0 aliphatic rings. The lowest BCUT2D eigenvalue weighted by atomic mass is 10.2. The summed E-state index contributed by atoms with van der Waals surface area (Å²) in [5, 5.41) is 5.10. The second kappa shape index (κ2) is 4.93. The Hall–Kier alpha value is -1.27. The van der Waals surface area contributed by atoms with Crippen LogP contribution in [0.4, 0.5) is 11.4 Å². The van der Waals surface area contributed by atoms with Gasteiger partial charge in [0.1, 0.15) is 0 Å². The maximum absolute atomic E-state index is 11.3. The number of nitrogens with two attached hydrogens (primary N) is 2. The second-order valence-electron chi connectivity index (χ2n) is 4.13.